The fraction of sp³-hybridized carbons (Fsp3) is 0.200. The number of nitrogens with one attached hydrogen (secondary N) is 1. The molecule has 0 aliphatic heterocycles. The van der Waals surface area contributed by atoms with E-state index in [4.69, 9.17) is 0 Å². The van der Waals surface area contributed by atoms with Gasteiger partial charge in [-0.2, -0.15) is 13.2 Å². The first-order valence-corrected chi connectivity index (χ1v) is 8.03. The summed E-state index contributed by atoms with van der Waals surface area (Å²) in [6, 6.07) is 8.12. The van der Waals surface area contributed by atoms with E-state index < -0.39 is 38.5 Å². The Morgan fingerprint density at radius 2 is 1.57 bits per heavy atom. The van der Waals surface area contributed by atoms with Crippen molar-refractivity contribution in [2.24, 2.45) is 0 Å². The highest BCUT2D eigenvalue weighted by molar-refractivity contribution is 7.89. The lowest BCUT2D eigenvalue weighted by Crippen LogP contribution is -2.27. The molecule has 0 heterocycles. The zero-order valence-corrected chi connectivity index (χ0v) is 12.7. The second-order valence-electron chi connectivity index (χ2n) is 4.89. The van der Waals surface area contributed by atoms with Gasteiger partial charge in [0.05, 0.1) is 5.56 Å². The second-order valence-corrected chi connectivity index (χ2v) is 6.58. The van der Waals surface area contributed by atoms with Gasteiger partial charge in [-0.25, -0.2) is 17.5 Å². The average molecular weight is 347 g/mol. The Morgan fingerprint density at radius 1 is 1.00 bits per heavy atom. The summed E-state index contributed by atoms with van der Waals surface area (Å²) in [5.74, 6) is -0.903. The number of benzene rings is 2. The van der Waals surface area contributed by atoms with Crippen molar-refractivity contribution in [3.63, 3.8) is 0 Å². The minimum atomic E-state index is -4.46. The number of alkyl halides is 3. The maximum atomic E-state index is 13.6. The van der Waals surface area contributed by atoms with Crippen molar-refractivity contribution in [2.75, 3.05) is 0 Å². The summed E-state index contributed by atoms with van der Waals surface area (Å²) in [7, 11) is -4.12. The van der Waals surface area contributed by atoms with Gasteiger partial charge in [-0.3, -0.25) is 0 Å². The number of rotatable bonds is 4. The lowest BCUT2D eigenvalue weighted by molar-refractivity contribution is -0.137. The van der Waals surface area contributed by atoms with Crippen LogP contribution in [-0.4, -0.2) is 8.42 Å². The maximum absolute atomic E-state index is 13.6. The quantitative estimate of drug-likeness (QED) is 0.853. The fourth-order valence-electron chi connectivity index (χ4n) is 1.99. The van der Waals surface area contributed by atoms with Crippen molar-refractivity contribution in [3.05, 3.63) is 65.5 Å². The molecule has 0 saturated carbocycles. The summed E-state index contributed by atoms with van der Waals surface area (Å²) in [6.07, 6.45) is -4.46. The molecule has 1 atom stereocenters. The number of hydrogen-bond acceptors (Lipinski definition) is 2. The van der Waals surface area contributed by atoms with Gasteiger partial charge in [0.25, 0.3) is 0 Å². The SMILES string of the molecule is C[C@@H](NS(=O)(=O)c1ccccc1F)c1ccc(C(F)(F)F)cc1. The van der Waals surface area contributed by atoms with Crippen LogP contribution in [0, 0.1) is 5.82 Å². The highest BCUT2D eigenvalue weighted by Gasteiger charge is 2.30. The molecular weight excluding hydrogens is 334 g/mol. The van der Waals surface area contributed by atoms with E-state index in [9.17, 15) is 26.0 Å². The van der Waals surface area contributed by atoms with Crippen LogP contribution in [0.3, 0.4) is 0 Å². The van der Waals surface area contributed by atoms with Crippen LogP contribution < -0.4 is 4.72 Å². The van der Waals surface area contributed by atoms with E-state index in [-0.39, 0.29) is 0 Å². The van der Waals surface area contributed by atoms with Crippen LogP contribution in [0.25, 0.3) is 0 Å². The molecular formula is C15H13F4NO2S. The maximum Gasteiger partial charge on any atom is 0.416 e. The van der Waals surface area contributed by atoms with Crippen molar-refractivity contribution in [1.29, 1.82) is 0 Å². The summed E-state index contributed by atoms with van der Waals surface area (Å²) < 4.78 is 77.6. The van der Waals surface area contributed by atoms with Crippen molar-refractivity contribution in [2.45, 2.75) is 24.0 Å². The van der Waals surface area contributed by atoms with Gasteiger partial charge in [0.1, 0.15) is 10.7 Å². The molecule has 0 aliphatic rings. The Morgan fingerprint density at radius 3 is 2.09 bits per heavy atom. The second kappa shape index (κ2) is 6.29. The lowest BCUT2D eigenvalue weighted by Gasteiger charge is -2.16. The zero-order chi connectivity index (χ0) is 17.3. The molecule has 0 aliphatic carbocycles. The first-order valence-electron chi connectivity index (χ1n) is 6.55. The minimum Gasteiger partial charge on any atom is -0.207 e. The van der Waals surface area contributed by atoms with Crippen LogP contribution >= 0.6 is 0 Å². The van der Waals surface area contributed by atoms with Crippen LogP contribution in [0.5, 0.6) is 0 Å². The normalized spacial score (nSPS) is 13.8. The van der Waals surface area contributed by atoms with E-state index in [1.54, 1.807) is 0 Å². The average Bonchev–Trinajstić information content (AvgIpc) is 2.46. The standard InChI is InChI=1S/C15H13F4NO2S/c1-10(11-6-8-12(9-7-11)15(17,18)19)20-23(21,22)14-5-3-2-4-13(14)16/h2-10,20H,1H3/t10-/m1/s1. The highest BCUT2D eigenvalue weighted by Crippen LogP contribution is 2.30. The third-order valence-corrected chi connectivity index (χ3v) is 4.77. The number of halogens is 4. The van der Waals surface area contributed by atoms with Crippen molar-refractivity contribution in [1.82, 2.24) is 4.72 Å². The van der Waals surface area contributed by atoms with Crippen LogP contribution in [0.4, 0.5) is 17.6 Å². The number of hydrogen-bond donors (Lipinski definition) is 1. The molecule has 8 heteroatoms. The van der Waals surface area contributed by atoms with Crippen LogP contribution in [0.1, 0.15) is 24.1 Å². The molecule has 0 fully saturated rings. The smallest absolute Gasteiger partial charge is 0.207 e. The van der Waals surface area contributed by atoms with E-state index in [0.29, 0.717) is 5.56 Å². The molecule has 0 amide bonds. The van der Waals surface area contributed by atoms with Gasteiger partial charge in [-0.05, 0) is 36.8 Å². The Bertz CT molecular complexity index is 786. The highest BCUT2D eigenvalue weighted by atomic mass is 32.2. The van der Waals surface area contributed by atoms with Crippen molar-refractivity contribution >= 4 is 10.0 Å². The molecule has 0 bridgehead atoms. The minimum absolute atomic E-state index is 0.331. The molecule has 2 rings (SSSR count). The van der Waals surface area contributed by atoms with Gasteiger partial charge in [0, 0.05) is 6.04 Å². The molecule has 2 aromatic rings. The predicted octanol–water partition coefficient (Wildman–Crippen LogP) is 3.88. The van der Waals surface area contributed by atoms with E-state index in [1.165, 1.54) is 31.2 Å². The van der Waals surface area contributed by atoms with Gasteiger partial charge in [0.15, 0.2) is 0 Å². The van der Waals surface area contributed by atoms with Crippen molar-refractivity contribution in [3.8, 4) is 0 Å². The molecule has 23 heavy (non-hydrogen) atoms. The summed E-state index contributed by atoms with van der Waals surface area (Å²) in [4.78, 5) is -0.515. The third kappa shape index (κ3) is 4.08. The first-order chi connectivity index (χ1) is 10.6. The van der Waals surface area contributed by atoms with Gasteiger partial charge >= 0.3 is 6.18 Å². The molecule has 0 spiro atoms. The summed E-state index contributed by atoms with van der Waals surface area (Å²) in [5.41, 5.74) is -0.497. The molecule has 1 N–H and O–H groups in total. The monoisotopic (exact) mass is 347 g/mol. The van der Waals surface area contributed by atoms with Crippen LogP contribution in [0.15, 0.2) is 53.4 Å². The third-order valence-electron chi connectivity index (χ3n) is 3.20. The predicted molar refractivity (Wildman–Crippen MR) is 76.6 cm³/mol. The summed E-state index contributed by atoms with van der Waals surface area (Å²) in [6.45, 7) is 1.46. The first kappa shape index (κ1) is 17.4. The largest absolute Gasteiger partial charge is 0.416 e. The molecule has 0 aromatic heterocycles. The van der Waals surface area contributed by atoms with E-state index in [0.717, 1.165) is 24.3 Å². The van der Waals surface area contributed by atoms with Gasteiger partial charge in [0.2, 0.25) is 10.0 Å². The Labute approximate surface area is 131 Å². The van der Waals surface area contributed by atoms with E-state index in [1.807, 2.05) is 0 Å². The lowest BCUT2D eigenvalue weighted by atomic mass is 10.1. The number of sulfonamides is 1. The molecule has 0 radical (unpaired) electrons. The zero-order valence-electron chi connectivity index (χ0n) is 11.9. The molecule has 124 valence electrons. The fourth-order valence-corrected chi connectivity index (χ4v) is 3.30. The molecule has 0 unspecified atom stereocenters. The van der Waals surface area contributed by atoms with E-state index >= 15 is 0 Å². The molecule has 2 aromatic carbocycles. The Hall–Kier alpha value is -1.93. The van der Waals surface area contributed by atoms with Crippen LogP contribution in [-0.2, 0) is 16.2 Å². The van der Waals surface area contributed by atoms with Gasteiger partial charge < -0.3 is 0 Å². The van der Waals surface area contributed by atoms with E-state index in [2.05, 4.69) is 4.72 Å². The Balaban J connectivity index is 2.22. The van der Waals surface area contributed by atoms with Crippen LogP contribution in [0.2, 0.25) is 0 Å². The summed E-state index contributed by atoms with van der Waals surface area (Å²) in [5, 5.41) is 0. The van der Waals surface area contributed by atoms with Crippen molar-refractivity contribution < 1.29 is 26.0 Å². The van der Waals surface area contributed by atoms with Gasteiger partial charge in [-0.15, -0.1) is 0 Å². The molecule has 3 nitrogen and oxygen atoms in total. The molecule has 0 saturated heterocycles. The Kier molecular flexibility index (Phi) is 4.76. The summed E-state index contributed by atoms with van der Waals surface area (Å²) >= 11 is 0. The topological polar surface area (TPSA) is 46.2 Å². The van der Waals surface area contributed by atoms with Gasteiger partial charge in [-0.1, -0.05) is 24.3 Å².